The van der Waals surface area contributed by atoms with E-state index in [1.54, 1.807) is 21.3 Å². The number of nitrogens with zero attached hydrogens (tertiary/aromatic N) is 1. The zero-order valence-electron chi connectivity index (χ0n) is 73.5. The molecule has 1 fully saturated rings. The van der Waals surface area contributed by atoms with E-state index in [1.807, 2.05) is 0 Å². The molecule has 0 aliphatic carbocycles. The third kappa shape index (κ3) is 66.6. The summed E-state index contributed by atoms with van der Waals surface area (Å²) < 4.78 is 81.5. The van der Waals surface area contributed by atoms with Gasteiger partial charge in [-0.3, -0.25) is 62.3 Å². The summed E-state index contributed by atoms with van der Waals surface area (Å²) in [4.78, 5) is 187. The van der Waals surface area contributed by atoms with Crippen molar-refractivity contribution in [2.45, 2.75) is 139 Å². The number of hydroxylamine groups is 2. The minimum Gasteiger partial charge on any atom is -0.382 e. The third-order valence-electron chi connectivity index (χ3n) is 17.2. The zero-order chi connectivity index (χ0) is 91.0. The summed E-state index contributed by atoms with van der Waals surface area (Å²) in [5.41, 5.74) is -1.37. The van der Waals surface area contributed by atoms with Crippen LogP contribution in [0.1, 0.15) is 116 Å². The van der Waals surface area contributed by atoms with E-state index < -0.39 is 88.7 Å². The molecule has 1 heterocycles. The molecule has 124 heavy (non-hydrogen) atoms. The van der Waals surface area contributed by atoms with Crippen LogP contribution in [0.3, 0.4) is 0 Å². The first-order valence-electron chi connectivity index (χ1n) is 42.2. The van der Waals surface area contributed by atoms with Gasteiger partial charge in [-0.05, 0) is 62.2 Å². The first-order chi connectivity index (χ1) is 60.2. The van der Waals surface area contributed by atoms with Crippen LogP contribution in [0, 0.1) is 0 Å². The fourth-order valence-electron chi connectivity index (χ4n) is 10.6. The number of carbonyl (C=O) groups excluding carboxylic acids is 14. The molecule has 3 unspecified atom stereocenters. The number of carbonyl (C=O) groups is 14. The number of hydrogen-bond acceptors (Lipinski definition) is 33. The molecule has 3 atom stereocenters. The molecule has 0 saturated carbocycles. The lowest BCUT2D eigenvalue weighted by atomic mass is 10.0. The second kappa shape index (κ2) is 80.8. The highest BCUT2D eigenvalue weighted by Crippen LogP contribution is 2.17. The van der Waals surface area contributed by atoms with Crippen LogP contribution >= 0.6 is 35.3 Å². The quantitative estimate of drug-likeness (QED) is 0.0236. The molecule has 716 valence electrons. The summed E-state index contributed by atoms with van der Waals surface area (Å²) in [5, 5.41) is 31.0. The molecule has 45 heteroatoms. The lowest BCUT2D eigenvalue weighted by Gasteiger charge is -2.34. The van der Waals surface area contributed by atoms with Crippen LogP contribution in [0.2, 0.25) is 0 Å². The average molecular weight is 1840 g/mol. The minimum atomic E-state index is -1.37. The number of methoxy groups -OCH3 is 6. The molecular formula is C79H142N12O30S3. The van der Waals surface area contributed by atoms with Gasteiger partial charge in [-0.25, -0.2) is 4.79 Å². The van der Waals surface area contributed by atoms with E-state index in [2.05, 4.69) is 58.5 Å². The van der Waals surface area contributed by atoms with E-state index in [-0.39, 0.29) is 239 Å². The molecule has 0 aromatic heterocycles. The number of thioether (sulfide) groups is 3. The summed E-state index contributed by atoms with van der Waals surface area (Å²) in [6, 6.07) is -3.05. The lowest BCUT2D eigenvalue weighted by molar-refractivity contribution is -0.197. The SMILES string of the molecule is COCCOCCNC(=O)CCC(NC(=O)CCSCCCOCC(COCCCSCCC(=O)NC(CCC(=O)NCCOCCOC)C(=O)NCCOCCOC)(COCCCSCCC(=O)NC(CCC(=O)NCCOCCOC)C(=O)NCCOCCOC)NC(=O)CCC(=O)NCCCC(=O)ON1C(=O)CCC1=O)C(=O)NCCOCCOC. The fraction of sp³-hybridized carbons (Fsp3) is 0.823. The topological polar surface area (TPSA) is 522 Å². The largest absolute Gasteiger partial charge is 0.382 e. The van der Waals surface area contributed by atoms with Crippen LogP contribution in [0.15, 0.2) is 0 Å². The maximum absolute atomic E-state index is 14.1. The summed E-state index contributed by atoms with van der Waals surface area (Å²) in [6.07, 6.45) is 0.608. The third-order valence-corrected chi connectivity index (χ3v) is 20.4. The summed E-state index contributed by atoms with van der Waals surface area (Å²) in [5.74, 6) is -4.17. The molecule has 1 rings (SSSR count). The number of amides is 13. The Kier molecular flexibility index (Phi) is 75.1. The van der Waals surface area contributed by atoms with Crippen LogP contribution < -0.4 is 58.5 Å². The first-order valence-corrected chi connectivity index (χ1v) is 45.6. The molecule has 0 radical (unpaired) electrons. The molecule has 13 amide bonds. The van der Waals surface area contributed by atoms with E-state index in [1.165, 1.54) is 56.6 Å². The van der Waals surface area contributed by atoms with Gasteiger partial charge in [0.2, 0.25) is 65.0 Å². The normalized spacial score (nSPS) is 13.1. The summed E-state index contributed by atoms with van der Waals surface area (Å²) in [7, 11) is 9.27. The number of rotatable bonds is 87. The molecule has 1 aliphatic rings. The van der Waals surface area contributed by atoms with E-state index in [9.17, 15) is 67.1 Å². The smallest absolute Gasteiger partial charge is 0.333 e. The van der Waals surface area contributed by atoms with Gasteiger partial charge >= 0.3 is 5.97 Å². The van der Waals surface area contributed by atoms with E-state index in [4.69, 9.17) is 75.9 Å². The van der Waals surface area contributed by atoms with Gasteiger partial charge in [0.25, 0.3) is 11.8 Å². The predicted molar refractivity (Wildman–Crippen MR) is 459 cm³/mol. The Labute approximate surface area is 741 Å². The van der Waals surface area contributed by atoms with Crippen LogP contribution in [-0.4, -0.2) is 393 Å². The van der Waals surface area contributed by atoms with Crippen LogP contribution in [0.5, 0.6) is 0 Å². The Hall–Kier alpha value is -6.77. The van der Waals surface area contributed by atoms with Crippen molar-refractivity contribution in [2.75, 3.05) is 282 Å². The van der Waals surface area contributed by atoms with Crippen molar-refractivity contribution in [2.24, 2.45) is 0 Å². The monoisotopic (exact) mass is 1830 g/mol. The molecule has 0 aromatic carbocycles. The fourth-order valence-corrected chi connectivity index (χ4v) is 13.2. The zero-order valence-corrected chi connectivity index (χ0v) is 76.0. The van der Waals surface area contributed by atoms with Crippen LogP contribution in [0.25, 0.3) is 0 Å². The maximum Gasteiger partial charge on any atom is 0.333 e. The van der Waals surface area contributed by atoms with Gasteiger partial charge in [-0.1, -0.05) is 0 Å². The van der Waals surface area contributed by atoms with Crippen molar-refractivity contribution in [3.8, 4) is 0 Å². The average Bonchev–Trinajstić information content (AvgIpc) is 1.23. The lowest BCUT2D eigenvalue weighted by Crippen LogP contribution is -2.58. The molecule has 11 N–H and O–H groups in total. The molecule has 0 spiro atoms. The number of nitrogens with one attached hydrogen (secondary N) is 11. The summed E-state index contributed by atoms with van der Waals surface area (Å²) in [6.45, 7) is 7.01. The van der Waals surface area contributed by atoms with Crippen LogP contribution in [-0.2, 0) is 143 Å². The molecule has 0 aromatic rings. The number of hydrogen-bond donors (Lipinski definition) is 11. The Morgan fingerprint density at radius 1 is 0.298 bits per heavy atom. The molecular weight excluding hydrogens is 1690 g/mol. The van der Waals surface area contributed by atoms with E-state index in [0.717, 1.165) is 0 Å². The first kappa shape index (κ1) is 115. The van der Waals surface area contributed by atoms with Gasteiger partial charge in [0.1, 0.15) is 23.7 Å². The Balaban J connectivity index is 3.38. The summed E-state index contributed by atoms with van der Waals surface area (Å²) >= 11 is 4.38. The van der Waals surface area contributed by atoms with E-state index in [0.29, 0.717) is 138 Å². The Morgan fingerprint density at radius 2 is 0.581 bits per heavy atom. The van der Waals surface area contributed by atoms with Gasteiger partial charge < -0.3 is 134 Å². The van der Waals surface area contributed by atoms with Crippen molar-refractivity contribution in [3.63, 3.8) is 0 Å². The molecule has 42 nitrogen and oxygen atoms in total. The van der Waals surface area contributed by atoms with Crippen molar-refractivity contribution in [1.82, 2.24) is 63.5 Å². The second-order valence-corrected chi connectivity index (χ2v) is 31.3. The number of ether oxygens (including phenoxy) is 15. The Morgan fingerprint density at radius 3 is 0.887 bits per heavy atom. The van der Waals surface area contributed by atoms with Crippen molar-refractivity contribution >= 4 is 118 Å². The number of imide groups is 1. The highest BCUT2D eigenvalue weighted by molar-refractivity contribution is 7.99. The van der Waals surface area contributed by atoms with Gasteiger partial charge in [0.15, 0.2) is 0 Å². The standard InChI is InChI=1S/C79H142N12O30S3/c1-106-41-47-112-35-26-81-65(92)15-12-62(76(103)84-29-38-115-50-44-109-4)87-69(96)22-56-122-53-8-32-118-59-79(90-72(99)19-18-68(95)80-25-7-11-75(102)121-91-73(100)20-21-74(91)101,60-119-33-9-54-123-57-23-70(97)88-63(77(104)85-30-39-116-51-45-110-5)13-16-66(93)82-27-36-113-48-42-107-2)61-120-34-10-55-124-58-24-71(98)89-64(78(105)86-31-40-117-52-46-111-6)14-17-67(94)83-28-37-114-49-43-108-3/h62-64H,7-61H2,1-6H3,(H,80,95)(H,81,92)(H,82,93)(H,83,94)(H,84,103)(H,85,104)(H,86,105)(H,87,96)(H,88,97)(H,89,98)(H,90,99). The highest BCUT2D eigenvalue weighted by Gasteiger charge is 2.35. The van der Waals surface area contributed by atoms with Gasteiger partial charge in [-0.15, -0.1) is 5.06 Å². The van der Waals surface area contributed by atoms with Crippen molar-refractivity contribution in [3.05, 3.63) is 0 Å². The maximum atomic E-state index is 14.1. The van der Waals surface area contributed by atoms with Crippen LogP contribution in [0.4, 0.5) is 0 Å². The van der Waals surface area contributed by atoms with E-state index >= 15 is 0 Å². The Bertz CT molecular complexity index is 2690. The highest BCUT2D eigenvalue weighted by atomic mass is 32.2. The predicted octanol–water partition coefficient (Wildman–Crippen LogP) is -1.81. The van der Waals surface area contributed by atoms with Crippen molar-refractivity contribution < 1.29 is 143 Å². The van der Waals surface area contributed by atoms with Gasteiger partial charge in [0.05, 0.1) is 139 Å². The minimum absolute atomic E-state index is 0.00414. The van der Waals surface area contributed by atoms with Crippen molar-refractivity contribution in [1.29, 1.82) is 0 Å². The van der Waals surface area contributed by atoms with Gasteiger partial charge in [-0.2, -0.15) is 35.3 Å². The second-order valence-electron chi connectivity index (χ2n) is 27.7. The molecule has 0 bridgehead atoms. The molecule has 1 saturated heterocycles. The molecule has 1 aliphatic heterocycles. The van der Waals surface area contributed by atoms with Gasteiger partial charge in [0, 0.05) is 196 Å².